The van der Waals surface area contributed by atoms with E-state index in [1.54, 1.807) is 21.8 Å². The summed E-state index contributed by atoms with van der Waals surface area (Å²) in [6.45, 7) is 9.13. The highest BCUT2D eigenvalue weighted by atomic mass is 32.2. The van der Waals surface area contributed by atoms with Crippen molar-refractivity contribution in [1.82, 2.24) is 24.5 Å². The molecule has 1 saturated heterocycles. The smallest absolute Gasteiger partial charge is 0.211 e. The van der Waals surface area contributed by atoms with Gasteiger partial charge >= 0.3 is 0 Å². The summed E-state index contributed by atoms with van der Waals surface area (Å²) >= 11 is 1.65. The Morgan fingerprint density at radius 2 is 1.90 bits per heavy atom. The fraction of sp³-hybridized carbons (Fsp3) is 0.630. The Bertz CT molecular complexity index is 1420. The highest BCUT2D eigenvalue weighted by Crippen LogP contribution is 2.39. The number of hydrogen-bond donors (Lipinski definition) is 2. The first-order valence-electron chi connectivity index (χ1n) is 14.2. The average Bonchev–Trinajstić information content (AvgIpc) is 3.60. The first kappa shape index (κ1) is 29.3. The molecule has 10 nitrogen and oxygen atoms in total. The zero-order valence-electron chi connectivity index (χ0n) is 23.9. The van der Waals surface area contributed by atoms with Gasteiger partial charge in [0.25, 0.3) is 0 Å². The van der Waals surface area contributed by atoms with Crippen LogP contribution in [0, 0.1) is 0 Å². The Balaban J connectivity index is 1.38. The lowest BCUT2D eigenvalue weighted by atomic mass is 10.1. The number of nitrogens with zero attached hydrogens (tertiary/aromatic N) is 5. The van der Waals surface area contributed by atoms with E-state index in [4.69, 9.17) is 14.7 Å². The number of piperidine rings is 1. The van der Waals surface area contributed by atoms with Gasteiger partial charge in [-0.3, -0.25) is 4.98 Å². The van der Waals surface area contributed by atoms with Crippen molar-refractivity contribution in [2.24, 2.45) is 0 Å². The van der Waals surface area contributed by atoms with E-state index in [0.717, 1.165) is 57.8 Å². The molecule has 1 saturated carbocycles. The fourth-order valence-corrected chi connectivity index (χ4v) is 7.97. The van der Waals surface area contributed by atoms with Gasteiger partial charge in [-0.15, -0.1) is 10.2 Å². The van der Waals surface area contributed by atoms with Crippen molar-refractivity contribution in [3.05, 3.63) is 23.3 Å². The molecule has 2 N–H and O–H groups in total. The van der Waals surface area contributed by atoms with E-state index in [0.29, 0.717) is 31.6 Å². The first-order chi connectivity index (χ1) is 19.0. The third kappa shape index (κ3) is 7.55. The van der Waals surface area contributed by atoms with Crippen molar-refractivity contribution in [2.75, 3.05) is 43.3 Å². The van der Waals surface area contributed by atoms with Crippen molar-refractivity contribution < 1.29 is 13.2 Å². The number of rotatable bonds is 11. The third-order valence-electron chi connectivity index (χ3n) is 7.60. The molecule has 3 aromatic rings. The van der Waals surface area contributed by atoms with Crippen LogP contribution in [0.25, 0.3) is 21.6 Å². The summed E-state index contributed by atoms with van der Waals surface area (Å²) in [5, 5.41) is 17.9. The van der Waals surface area contributed by atoms with Crippen LogP contribution in [0.1, 0.15) is 49.5 Å². The molecule has 1 atom stereocenters. The number of pyridine rings is 2. The maximum Gasteiger partial charge on any atom is 0.211 e. The van der Waals surface area contributed by atoms with E-state index in [-0.39, 0.29) is 6.04 Å². The monoisotopic (exact) mass is 603 g/mol. The van der Waals surface area contributed by atoms with Gasteiger partial charge in [0.2, 0.25) is 10.0 Å². The van der Waals surface area contributed by atoms with Crippen molar-refractivity contribution in [3.8, 4) is 10.6 Å². The number of ether oxygens (including phenoxy) is 1. The lowest BCUT2D eigenvalue weighted by Gasteiger charge is -2.31. The second-order valence-electron chi connectivity index (χ2n) is 12.2. The lowest BCUT2D eigenvalue weighted by molar-refractivity contribution is 0.165. The van der Waals surface area contributed by atoms with Crippen molar-refractivity contribution in [2.45, 2.75) is 76.2 Å². The van der Waals surface area contributed by atoms with Gasteiger partial charge in [-0.05, 0) is 43.9 Å². The molecule has 1 aliphatic heterocycles. The molecule has 2 fully saturated rings. The average molecular weight is 604 g/mol. The van der Waals surface area contributed by atoms with Crippen molar-refractivity contribution in [3.63, 3.8) is 0 Å². The van der Waals surface area contributed by atoms with E-state index in [1.807, 2.05) is 12.1 Å². The quantitative estimate of drug-likeness (QED) is 0.169. The second kappa shape index (κ2) is 12.4. The van der Waals surface area contributed by atoms with Crippen LogP contribution in [-0.2, 0) is 14.8 Å². The van der Waals surface area contributed by atoms with Crippen LogP contribution in [0.3, 0.4) is 0 Å². The third-order valence-corrected chi connectivity index (χ3v) is 11.7. The van der Waals surface area contributed by atoms with Crippen molar-refractivity contribution >= 4 is 52.0 Å². The molecular formula is C27H41N7O3S2Si. The number of hydrogen-bond acceptors (Lipinski definition) is 10. The first-order valence-corrected chi connectivity index (χ1v) is 20.6. The molecule has 3 aromatic heterocycles. The molecule has 13 heteroatoms. The molecule has 5 rings (SSSR count). The molecule has 1 unspecified atom stereocenters. The molecule has 0 aromatic carbocycles. The van der Waals surface area contributed by atoms with Crippen molar-refractivity contribution in [1.29, 1.82) is 0 Å². The van der Waals surface area contributed by atoms with Crippen LogP contribution >= 0.6 is 11.3 Å². The number of sulfonamides is 1. The van der Waals surface area contributed by atoms with Crippen LogP contribution in [0.2, 0.25) is 25.7 Å². The molecule has 0 radical (unpaired) electrons. The molecule has 0 amide bonds. The van der Waals surface area contributed by atoms with Gasteiger partial charge in [0.05, 0.1) is 34.7 Å². The summed E-state index contributed by atoms with van der Waals surface area (Å²) < 4.78 is 31.6. The van der Waals surface area contributed by atoms with Crippen LogP contribution in [0.5, 0.6) is 0 Å². The van der Waals surface area contributed by atoms with E-state index in [9.17, 15) is 8.42 Å². The van der Waals surface area contributed by atoms with Crippen LogP contribution in [0.4, 0.5) is 11.5 Å². The van der Waals surface area contributed by atoms with Crippen LogP contribution in [-0.4, -0.2) is 79.7 Å². The van der Waals surface area contributed by atoms with Gasteiger partial charge in [0.1, 0.15) is 17.6 Å². The van der Waals surface area contributed by atoms with Crippen LogP contribution in [0.15, 0.2) is 18.3 Å². The number of nitrogens with one attached hydrogen (secondary N) is 2. The van der Waals surface area contributed by atoms with E-state index in [1.165, 1.54) is 31.9 Å². The molecule has 0 bridgehead atoms. The summed E-state index contributed by atoms with van der Waals surface area (Å²) in [5.41, 5.74) is 3.22. The molecule has 0 spiro atoms. The minimum Gasteiger partial charge on any atom is -0.380 e. The molecule has 2 aliphatic rings. The summed E-state index contributed by atoms with van der Waals surface area (Å²) in [4.78, 5) is 9.67. The zero-order chi connectivity index (χ0) is 28.3. The second-order valence-corrected chi connectivity index (χ2v) is 20.8. The molecule has 4 heterocycles. The summed E-state index contributed by atoms with van der Waals surface area (Å²) in [6.07, 6.45) is 9.67. The molecule has 218 valence electrons. The highest BCUT2D eigenvalue weighted by molar-refractivity contribution is 7.88. The minimum absolute atomic E-state index is 0.0229. The molecular weight excluding hydrogens is 563 g/mol. The zero-order valence-corrected chi connectivity index (χ0v) is 26.6. The molecule has 1 aliphatic carbocycles. The maximum atomic E-state index is 12.0. The largest absolute Gasteiger partial charge is 0.380 e. The van der Waals surface area contributed by atoms with Gasteiger partial charge in [0, 0.05) is 39.7 Å². The number of aromatic nitrogens is 4. The number of fused-ring (bicyclic) bond motifs is 1. The van der Waals surface area contributed by atoms with E-state index >= 15 is 0 Å². The van der Waals surface area contributed by atoms with E-state index < -0.39 is 18.1 Å². The Hall–Kier alpha value is -2.19. The van der Waals surface area contributed by atoms with Gasteiger partial charge in [-0.1, -0.05) is 43.8 Å². The Morgan fingerprint density at radius 1 is 1.10 bits per heavy atom. The maximum absolute atomic E-state index is 12.0. The summed E-state index contributed by atoms with van der Waals surface area (Å²) in [5.74, 6) is 1.21. The Morgan fingerprint density at radius 3 is 2.65 bits per heavy atom. The van der Waals surface area contributed by atoms with Gasteiger partial charge in [0.15, 0.2) is 5.01 Å². The molecule has 40 heavy (non-hydrogen) atoms. The summed E-state index contributed by atoms with van der Waals surface area (Å²) in [7, 11) is -4.38. The van der Waals surface area contributed by atoms with Gasteiger partial charge < -0.3 is 15.4 Å². The topological polar surface area (TPSA) is 122 Å². The SMILES string of the molecule is C[Si](C)(C)CCOCNc1nc2cc(NC3CCCN(S(C)(=O)=O)C3)cnc2cc1-c1nnc(C2CCCC2)s1. The summed E-state index contributed by atoms with van der Waals surface area (Å²) in [6, 6.07) is 5.13. The predicted molar refractivity (Wildman–Crippen MR) is 165 cm³/mol. The fourth-order valence-electron chi connectivity index (χ4n) is 5.28. The normalized spacial score (nSPS) is 19.4. The van der Waals surface area contributed by atoms with Gasteiger partial charge in [-0.2, -0.15) is 0 Å². The van der Waals surface area contributed by atoms with E-state index in [2.05, 4.69) is 40.5 Å². The lowest BCUT2D eigenvalue weighted by Crippen LogP contribution is -2.44. The number of anilines is 2. The minimum atomic E-state index is -3.21. The van der Waals surface area contributed by atoms with Crippen LogP contribution < -0.4 is 10.6 Å². The Labute approximate surface area is 242 Å². The standard InChI is InChI=1S/C27H41N7O3S2Si/c1-39(35,36)34-11-7-10-20(17-34)30-21-14-24-23(28-16-21)15-22(25(31-24)29-18-37-12-13-40(2,3)4)27-33-32-26(38-27)19-8-5-6-9-19/h14-16,19-20,30H,5-13,17-18H2,1-4H3,(H,29,31). The van der Waals surface area contributed by atoms with Gasteiger partial charge in [-0.25, -0.2) is 17.7 Å². The predicted octanol–water partition coefficient (Wildman–Crippen LogP) is 5.37. The Kier molecular flexibility index (Phi) is 9.05. The highest BCUT2D eigenvalue weighted by Gasteiger charge is 2.26.